The van der Waals surface area contributed by atoms with Gasteiger partial charge >= 0.3 is 5.97 Å². The second-order valence-electron chi connectivity index (χ2n) is 6.69. The number of carbonyl (C=O) groups excluding carboxylic acids is 3. The van der Waals surface area contributed by atoms with E-state index in [2.05, 4.69) is 0 Å². The highest BCUT2D eigenvalue weighted by Crippen LogP contribution is 2.33. The number of amides is 2. The third kappa shape index (κ3) is 3.66. The van der Waals surface area contributed by atoms with Gasteiger partial charge in [-0.05, 0) is 31.9 Å². The number of esters is 1. The number of likely N-dealkylation sites (tertiary alicyclic amines) is 1. The number of benzene rings is 1. The number of methoxy groups -OCH3 is 1. The second-order valence-corrected chi connectivity index (χ2v) is 6.69. The third-order valence-electron chi connectivity index (χ3n) is 4.89. The van der Waals surface area contributed by atoms with E-state index >= 15 is 0 Å². The van der Waals surface area contributed by atoms with Gasteiger partial charge in [-0.15, -0.1) is 0 Å². The lowest BCUT2D eigenvalue weighted by Crippen LogP contribution is -2.39. The van der Waals surface area contributed by atoms with Crippen molar-refractivity contribution in [2.45, 2.75) is 32.3 Å². The van der Waals surface area contributed by atoms with Crippen molar-refractivity contribution in [3.05, 3.63) is 24.3 Å². The van der Waals surface area contributed by atoms with Crippen LogP contribution in [0.25, 0.3) is 0 Å². The maximum absolute atomic E-state index is 12.4. The van der Waals surface area contributed by atoms with E-state index in [0.717, 1.165) is 12.8 Å². The largest absolute Gasteiger partial charge is 0.495 e. The topological polar surface area (TPSA) is 76.2 Å². The highest BCUT2D eigenvalue weighted by atomic mass is 16.5. The molecule has 0 radical (unpaired) electrons. The molecule has 2 aliphatic heterocycles. The Kier molecular flexibility index (Phi) is 5.44. The van der Waals surface area contributed by atoms with Crippen molar-refractivity contribution in [2.75, 3.05) is 31.6 Å². The van der Waals surface area contributed by atoms with Crippen molar-refractivity contribution in [3.8, 4) is 5.75 Å². The Morgan fingerprint density at radius 3 is 2.58 bits per heavy atom. The van der Waals surface area contributed by atoms with E-state index < -0.39 is 18.0 Å². The van der Waals surface area contributed by atoms with Crippen molar-refractivity contribution >= 4 is 23.5 Å². The summed E-state index contributed by atoms with van der Waals surface area (Å²) in [5.74, 6) is -0.832. The summed E-state index contributed by atoms with van der Waals surface area (Å²) < 4.78 is 10.7. The van der Waals surface area contributed by atoms with E-state index in [9.17, 15) is 14.4 Å². The zero-order valence-corrected chi connectivity index (χ0v) is 15.1. The van der Waals surface area contributed by atoms with Gasteiger partial charge in [0, 0.05) is 26.1 Å². The average Bonchev–Trinajstić information content (AvgIpc) is 3.30. The van der Waals surface area contributed by atoms with Gasteiger partial charge in [-0.25, -0.2) is 0 Å². The number of anilines is 1. The van der Waals surface area contributed by atoms with E-state index in [0.29, 0.717) is 24.5 Å². The molecule has 0 spiro atoms. The number of rotatable bonds is 5. The number of ether oxygens (including phenoxy) is 2. The van der Waals surface area contributed by atoms with Gasteiger partial charge in [-0.2, -0.15) is 0 Å². The second kappa shape index (κ2) is 7.76. The highest BCUT2D eigenvalue weighted by molar-refractivity contribution is 6.00. The lowest BCUT2D eigenvalue weighted by atomic mass is 10.1. The standard InChI is InChI=1S/C19H24N2O5/c1-13(18(23)20-9-5-6-10-20)26-19(24)14-11-17(22)21(12-14)15-7-3-4-8-16(15)25-2/h3-4,7-8,13-14H,5-6,9-12H2,1-2H3/t13-,14+/m1/s1. The van der Waals surface area contributed by atoms with Crippen molar-refractivity contribution in [3.63, 3.8) is 0 Å². The van der Waals surface area contributed by atoms with Crippen LogP contribution in [0.1, 0.15) is 26.2 Å². The molecule has 7 heteroatoms. The molecule has 0 saturated carbocycles. The molecule has 1 aromatic carbocycles. The number of hydrogen-bond donors (Lipinski definition) is 0. The van der Waals surface area contributed by atoms with Gasteiger partial charge in [0.2, 0.25) is 5.91 Å². The van der Waals surface area contributed by atoms with Crippen LogP contribution in [-0.2, 0) is 19.1 Å². The third-order valence-corrected chi connectivity index (χ3v) is 4.89. The molecule has 7 nitrogen and oxygen atoms in total. The van der Waals surface area contributed by atoms with Crippen LogP contribution in [-0.4, -0.2) is 55.5 Å². The van der Waals surface area contributed by atoms with Gasteiger partial charge in [-0.3, -0.25) is 14.4 Å². The summed E-state index contributed by atoms with van der Waals surface area (Å²) in [5, 5.41) is 0. The van der Waals surface area contributed by atoms with E-state index in [1.807, 2.05) is 12.1 Å². The first-order valence-electron chi connectivity index (χ1n) is 8.94. The minimum atomic E-state index is -0.823. The summed E-state index contributed by atoms with van der Waals surface area (Å²) in [6, 6.07) is 7.18. The van der Waals surface area contributed by atoms with E-state index in [1.165, 1.54) is 12.0 Å². The predicted octanol–water partition coefficient (Wildman–Crippen LogP) is 1.60. The predicted molar refractivity (Wildman–Crippen MR) is 94.8 cm³/mol. The summed E-state index contributed by atoms with van der Waals surface area (Å²) in [7, 11) is 1.54. The smallest absolute Gasteiger partial charge is 0.312 e. The minimum absolute atomic E-state index is 0.0709. The Bertz CT molecular complexity index is 699. The number of carbonyl (C=O) groups is 3. The summed E-state index contributed by atoms with van der Waals surface area (Å²) in [6.45, 7) is 3.24. The molecule has 2 aliphatic rings. The summed E-state index contributed by atoms with van der Waals surface area (Å²) in [6.07, 6.45) is 1.21. The summed E-state index contributed by atoms with van der Waals surface area (Å²) in [5.41, 5.74) is 0.636. The molecular formula is C19H24N2O5. The van der Waals surface area contributed by atoms with E-state index in [4.69, 9.17) is 9.47 Å². The number of hydrogen-bond acceptors (Lipinski definition) is 5. The fourth-order valence-corrected chi connectivity index (χ4v) is 3.47. The van der Waals surface area contributed by atoms with Gasteiger partial charge < -0.3 is 19.3 Å². The molecule has 2 heterocycles. The fourth-order valence-electron chi connectivity index (χ4n) is 3.47. The Morgan fingerprint density at radius 2 is 1.88 bits per heavy atom. The molecule has 2 amide bonds. The first-order valence-corrected chi connectivity index (χ1v) is 8.94. The zero-order valence-electron chi connectivity index (χ0n) is 15.1. The zero-order chi connectivity index (χ0) is 18.7. The monoisotopic (exact) mass is 360 g/mol. The van der Waals surface area contributed by atoms with E-state index in [-0.39, 0.29) is 24.8 Å². The molecule has 140 valence electrons. The van der Waals surface area contributed by atoms with Crippen LogP contribution in [0.4, 0.5) is 5.69 Å². The molecule has 0 bridgehead atoms. The van der Waals surface area contributed by atoms with Gasteiger partial charge in [0.25, 0.3) is 5.91 Å². The molecule has 3 rings (SSSR count). The number of nitrogens with zero attached hydrogens (tertiary/aromatic N) is 2. The quantitative estimate of drug-likeness (QED) is 0.746. The lowest BCUT2D eigenvalue weighted by Gasteiger charge is -2.22. The average molecular weight is 360 g/mol. The Balaban J connectivity index is 1.62. The van der Waals surface area contributed by atoms with Crippen LogP contribution in [0.15, 0.2) is 24.3 Å². The van der Waals surface area contributed by atoms with Gasteiger partial charge in [-0.1, -0.05) is 12.1 Å². The van der Waals surface area contributed by atoms with Crippen molar-refractivity contribution in [2.24, 2.45) is 5.92 Å². The van der Waals surface area contributed by atoms with Crippen LogP contribution in [0.3, 0.4) is 0 Å². The summed E-state index contributed by atoms with van der Waals surface area (Å²) in [4.78, 5) is 40.4. The molecule has 2 atom stereocenters. The summed E-state index contributed by atoms with van der Waals surface area (Å²) >= 11 is 0. The molecule has 0 unspecified atom stereocenters. The Hall–Kier alpha value is -2.57. The minimum Gasteiger partial charge on any atom is -0.495 e. The Labute approximate surface area is 152 Å². The first kappa shape index (κ1) is 18.2. The van der Waals surface area contributed by atoms with E-state index in [1.54, 1.807) is 24.0 Å². The molecule has 1 aromatic rings. The van der Waals surface area contributed by atoms with Gasteiger partial charge in [0.15, 0.2) is 6.10 Å². The Morgan fingerprint density at radius 1 is 1.19 bits per heavy atom. The normalized spacial score (nSPS) is 21.0. The lowest BCUT2D eigenvalue weighted by molar-refractivity contribution is -0.161. The van der Waals surface area contributed by atoms with Crippen LogP contribution in [0.2, 0.25) is 0 Å². The molecule has 26 heavy (non-hydrogen) atoms. The van der Waals surface area contributed by atoms with Gasteiger partial charge in [0.1, 0.15) is 5.75 Å². The maximum atomic E-state index is 12.4. The fraction of sp³-hybridized carbons (Fsp3) is 0.526. The van der Waals surface area contributed by atoms with Crippen molar-refractivity contribution in [1.82, 2.24) is 4.90 Å². The molecule has 0 N–H and O–H groups in total. The highest BCUT2D eigenvalue weighted by Gasteiger charge is 2.38. The van der Waals surface area contributed by atoms with Crippen molar-refractivity contribution in [1.29, 1.82) is 0 Å². The molecule has 2 saturated heterocycles. The van der Waals surface area contributed by atoms with Crippen LogP contribution in [0.5, 0.6) is 5.75 Å². The molecule has 2 fully saturated rings. The number of para-hydroxylation sites is 2. The van der Waals surface area contributed by atoms with Crippen LogP contribution in [0, 0.1) is 5.92 Å². The first-order chi connectivity index (χ1) is 12.5. The van der Waals surface area contributed by atoms with Crippen LogP contribution >= 0.6 is 0 Å². The molecular weight excluding hydrogens is 336 g/mol. The van der Waals surface area contributed by atoms with Crippen LogP contribution < -0.4 is 9.64 Å². The SMILES string of the molecule is COc1ccccc1N1C[C@@H](C(=O)O[C@H](C)C(=O)N2CCCC2)CC1=O. The van der Waals surface area contributed by atoms with Crippen molar-refractivity contribution < 1.29 is 23.9 Å². The molecule has 0 aliphatic carbocycles. The van der Waals surface area contributed by atoms with Gasteiger partial charge in [0.05, 0.1) is 18.7 Å². The molecule has 0 aromatic heterocycles. The maximum Gasteiger partial charge on any atom is 0.312 e.